The van der Waals surface area contributed by atoms with E-state index in [9.17, 15) is 4.79 Å². The van der Waals surface area contributed by atoms with E-state index in [1.165, 1.54) is 0 Å². The van der Waals surface area contributed by atoms with Crippen molar-refractivity contribution in [2.24, 2.45) is 0 Å². The van der Waals surface area contributed by atoms with Crippen LogP contribution in [0.5, 0.6) is 0 Å². The number of halogens is 2. The van der Waals surface area contributed by atoms with Gasteiger partial charge in [-0.15, -0.1) is 0 Å². The summed E-state index contributed by atoms with van der Waals surface area (Å²) < 4.78 is 5.45. The van der Waals surface area contributed by atoms with Gasteiger partial charge in [-0.1, -0.05) is 53.5 Å². The van der Waals surface area contributed by atoms with Crippen molar-refractivity contribution in [3.63, 3.8) is 0 Å². The molecule has 0 amide bonds. The van der Waals surface area contributed by atoms with Crippen LogP contribution in [0.4, 0.5) is 0 Å². The van der Waals surface area contributed by atoms with E-state index in [1.54, 1.807) is 18.2 Å². The summed E-state index contributed by atoms with van der Waals surface area (Å²) in [6.07, 6.45) is 2.65. The van der Waals surface area contributed by atoms with Gasteiger partial charge in [0.05, 0.1) is 16.3 Å². The van der Waals surface area contributed by atoms with Crippen LogP contribution in [0.25, 0.3) is 22.4 Å². The molecule has 0 spiro atoms. The topological polar surface area (TPSA) is 59.2 Å². The van der Waals surface area contributed by atoms with Crippen molar-refractivity contribution < 1.29 is 4.42 Å². The van der Waals surface area contributed by atoms with Crippen LogP contribution < -0.4 is 5.63 Å². The third-order valence-corrected chi connectivity index (χ3v) is 5.99. The number of fused-ring (bicyclic) bond motifs is 2. The van der Waals surface area contributed by atoms with Crippen LogP contribution in [0.1, 0.15) is 16.8 Å². The lowest BCUT2D eigenvalue weighted by molar-refractivity contribution is 0.240. The molecule has 1 aliphatic heterocycles. The van der Waals surface area contributed by atoms with E-state index in [-0.39, 0.29) is 0 Å². The number of rotatable bonds is 3. The zero-order valence-electron chi connectivity index (χ0n) is 15.9. The molecule has 4 aromatic rings. The first-order valence-electron chi connectivity index (χ1n) is 9.62. The fourth-order valence-corrected chi connectivity index (χ4v) is 4.23. The van der Waals surface area contributed by atoms with Crippen molar-refractivity contribution in [2.75, 3.05) is 6.54 Å². The van der Waals surface area contributed by atoms with Crippen LogP contribution in [0.2, 0.25) is 10.0 Å². The van der Waals surface area contributed by atoms with Crippen molar-refractivity contribution in [1.82, 2.24) is 14.9 Å². The van der Waals surface area contributed by atoms with E-state index in [1.807, 2.05) is 36.5 Å². The third-order valence-electron chi connectivity index (χ3n) is 5.32. The average molecular weight is 438 g/mol. The molecule has 30 heavy (non-hydrogen) atoms. The molecule has 5 nitrogen and oxygen atoms in total. The largest absolute Gasteiger partial charge is 0.422 e. The molecule has 0 aliphatic carbocycles. The van der Waals surface area contributed by atoms with Gasteiger partial charge in [0.1, 0.15) is 5.58 Å². The zero-order chi connectivity index (χ0) is 20.7. The van der Waals surface area contributed by atoms with Crippen LogP contribution in [0.15, 0.2) is 63.9 Å². The van der Waals surface area contributed by atoms with Gasteiger partial charge >= 0.3 is 5.63 Å². The molecule has 0 N–H and O–H groups in total. The smallest absolute Gasteiger partial charge is 0.342 e. The Balaban J connectivity index is 1.41. The van der Waals surface area contributed by atoms with Gasteiger partial charge in [-0.05, 0) is 18.2 Å². The second-order valence-electron chi connectivity index (χ2n) is 7.31. The van der Waals surface area contributed by atoms with Gasteiger partial charge in [0, 0.05) is 53.8 Å². The van der Waals surface area contributed by atoms with E-state index < -0.39 is 5.63 Å². The van der Waals surface area contributed by atoms with Gasteiger partial charge in [-0.25, -0.2) is 14.8 Å². The molecule has 3 heterocycles. The maximum absolute atomic E-state index is 12.5. The second-order valence-corrected chi connectivity index (χ2v) is 8.13. The van der Waals surface area contributed by atoms with E-state index in [0.29, 0.717) is 39.7 Å². The van der Waals surface area contributed by atoms with E-state index in [2.05, 4.69) is 9.88 Å². The highest BCUT2D eigenvalue weighted by molar-refractivity contribution is 6.37. The minimum Gasteiger partial charge on any atom is -0.422 e. The first kappa shape index (κ1) is 19.2. The van der Waals surface area contributed by atoms with Crippen LogP contribution in [-0.4, -0.2) is 21.4 Å². The molecule has 2 aromatic carbocycles. The lowest BCUT2D eigenvalue weighted by atomic mass is 10.1. The maximum atomic E-state index is 12.5. The molecule has 2 aromatic heterocycles. The number of hydrogen-bond donors (Lipinski definition) is 0. The van der Waals surface area contributed by atoms with E-state index >= 15 is 0 Å². The summed E-state index contributed by atoms with van der Waals surface area (Å²) in [5.41, 5.74) is 3.56. The molecule has 0 fully saturated rings. The Hall–Kier alpha value is -2.73. The Kier molecular flexibility index (Phi) is 5.03. The highest BCUT2D eigenvalue weighted by Crippen LogP contribution is 2.29. The average Bonchev–Trinajstić information content (AvgIpc) is 2.77. The summed E-state index contributed by atoms with van der Waals surface area (Å²) in [7, 11) is 0. The van der Waals surface area contributed by atoms with Crippen molar-refractivity contribution in [3.8, 4) is 11.4 Å². The molecular formula is C23H17Cl2N3O2. The number of nitrogens with zero attached hydrogens (tertiary/aromatic N) is 3. The summed E-state index contributed by atoms with van der Waals surface area (Å²) >= 11 is 12.6. The van der Waals surface area contributed by atoms with Crippen molar-refractivity contribution in [1.29, 1.82) is 0 Å². The number of hydrogen-bond acceptors (Lipinski definition) is 5. The monoisotopic (exact) mass is 437 g/mol. The molecule has 0 bridgehead atoms. The molecule has 0 radical (unpaired) electrons. The van der Waals surface area contributed by atoms with E-state index in [4.69, 9.17) is 32.6 Å². The van der Waals surface area contributed by atoms with Gasteiger partial charge in [0.2, 0.25) is 0 Å². The molecule has 0 saturated carbocycles. The lowest BCUT2D eigenvalue weighted by Crippen LogP contribution is -2.32. The van der Waals surface area contributed by atoms with Crippen LogP contribution in [-0.2, 0) is 19.5 Å². The maximum Gasteiger partial charge on any atom is 0.342 e. The van der Waals surface area contributed by atoms with E-state index in [0.717, 1.165) is 35.6 Å². The summed E-state index contributed by atoms with van der Waals surface area (Å²) in [5.74, 6) is 0.734. The molecule has 7 heteroatoms. The normalized spacial score (nSPS) is 14.1. The lowest BCUT2D eigenvalue weighted by Gasteiger charge is -2.28. The van der Waals surface area contributed by atoms with Gasteiger partial charge in [0.15, 0.2) is 5.82 Å². The molecule has 150 valence electrons. The van der Waals surface area contributed by atoms with Gasteiger partial charge in [0.25, 0.3) is 0 Å². The third kappa shape index (κ3) is 3.60. The molecule has 0 saturated heterocycles. The summed E-state index contributed by atoms with van der Waals surface area (Å²) in [6, 6.07) is 15.0. The Morgan fingerprint density at radius 3 is 2.77 bits per heavy atom. The Labute approximate surface area is 182 Å². The zero-order valence-corrected chi connectivity index (χ0v) is 17.5. The minimum atomic E-state index is -0.420. The van der Waals surface area contributed by atoms with Gasteiger partial charge < -0.3 is 4.42 Å². The first-order valence-corrected chi connectivity index (χ1v) is 10.4. The Morgan fingerprint density at radius 1 is 1.10 bits per heavy atom. The summed E-state index contributed by atoms with van der Waals surface area (Å²) in [6.45, 7) is 1.80. The summed E-state index contributed by atoms with van der Waals surface area (Å²) in [4.78, 5) is 24.0. The van der Waals surface area contributed by atoms with Crippen LogP contribution in [0, 0.1) is 0 Å². The number of aromatic nitrogens is 2. The fourth-order valence-electron chi connectivity index (χ4n) is 3.77. The quantitative estimate of drug-likeness (QED) is 0.416. The number of benzene rings is 2. The molecule has 1 aliphatic rings. The predicted molar refractivity (Wildman–Crippen MR) is 118 cm³/mol. The molecule has 0 atom stereocenters. The molecule has 5 rings (SSSR count). The molecule has 0 unspecified atom stereocenters. The van der Waals surface area contributed by atoms with Crippen LogP contribution >= 0.6 is 23.2 Å². The Bertz CT molecular complexity index is 1310. The minimum absolute atomic E-state index is 0.392. The van der Waals surface area contributed by atoms with Gasteiger partial charge in [-0.2, -0.15) is 0 Å². The van der Waals surface area contributed by atoms with Gasteiger partial charge in [-0.3, -0.25) is 4.90 Å². The standard InChI is InChI=1S/C23H17Cl2N3O2/c24-16-6-7-20-17(10-16)21(25)18(23(29)30-20)13-28-9-8-19-15(12-28)11-26-22(27-19)14-4-2-1-3-5-14/h1-7,10-11H,8-9,12-13H2. The second kappa shape index (κ2) is 7.84. The SMILES string of the molecule is O=c1oc2ccc(Cl)cc2c(Cl)c1CN1CCc2nc(-c3ccccc3)ncc2C1. The highest BCUT2D eigenvalue weighted by Gasteiger charge is 2.22. The predicted octanol–water partition coefficient (Wildman–Crippen LogP) is 5.12. The molecular weight excluding hydrogens is 421 g/mol. The first-order chi connectivity index (χ1) is 14.6. The van der Waals surface area contributed by atoms with Crippen molar-refractivity contribution in [3.05, 3.63) is 92.0 Å². The summed E-state index contributed by atoms with van der Waals surface area (Å²) in [5, 5.41) is 1.58. The van der Waals surface area contributed by atoms with Crippen molar-refractivity contribution >= 4 is 34.2 Å². The van der Waals surface area contributed by atoms with Crippen LogP contribution in [0.3, 0.4) is 0 Å². The van der Waals surface area contributed by atoms with Crippen molar-refractivity contribution in [2.45, 2.75) is 19.5 Å². The fraction of sp³-hybridized carbons (Fsp3) is 0.174. The highest BCUT2D eigenvalue weighted by atomic mass is 35.5. The Morgan fingerprint density at radius 2 is 1.93 bits per heavy atom.